The molecular weight excluding hydrogens is 348 g/mol. The zero-order chi connectivity index (χ0) is 19.3. The molecule has 0 aliphatic carbocycles. The summed E-state index contributed by atoms with van der Waals surface area (Å²) >= 11 is 0. The predicted molar refractivity (Wildman–Crippen MR) is 96.6 cm³/mol. The van der Waals surface area contributed by atoms with Crippen LogP contribution in [-0.4, -0.2) is 77.0 Å². The van der Waals surface area contributed by atoms with Gasteiger partial charge in [0.1, 0.15) is 5.60 Å². The van der Waals surface area contributed by atoms with Crippen molar-refractivity contribution < 1.29 is 19.1 Å². The van der Waals surface area contributed by atoms with Crippen LogP contribution in [0.15, 0.2) is 18.3 Å². The monoisotopic (exact) mass is 374 g/mol. The molecule has 8 nitrogen and oxygen atoms in total. The van der Waals surface area contributed by atoms with Gasteiger partial charge in [-0.2, -0.15) is 5.10 Å². The van der Waals surface area contributed by atoms with Crippen LogP contribution in [0, 0.1) is 18.8 Å². The van der Waals surface area contributed by atoms with E-state index in [0.717, 1.165) is 11.3 Å². The summed E-state index contributed by atoms with van der Waals surface area (Å²) < 4.78 is 13.0. The number of aromatic nitrogens is 2. The minimum absolute atomic E-state index is 0.0109. The molecule has 3 aliphatic heterocycles. The highest BCUT2D eigenvalue weighted by molar-refractivity contribution is 5.93. The molecule has 2 fully saturated rings. The maximum atomic E-state index is 13.3. The van der Waals surface area contributed by atoms with Crippen LogP contribution in [-0.2, 0) is 32.7 Å². The number of nitrogens with zero attached hydrogens (tertiary/aromatic N) is 4. The second-order valence-electron chi connectivity index (χ2n) is 7.73. The van der Waals surface area contributed by atoms with Gasteiger partial charge in [0.2, 0.25) is 11.8 Å². The van der Waals surface area contributed by atoms with Crippen molar-refractivity contribution in [3.63, 3.8) is 0 Å². The lowest BCUT2D eigenvalue weighted by Gasteiger charge is -2.27. The van der Waals surface area contributed by atoms with E-state index in [-0.39, 0.29) is 17.9 Å². The number of hydrogen-bond donors (Lipinski definition) is 0. The zero-order valence-corrected chi connectivity index (χ0v) is 16.2. The average molecular weight is 374 g/mol. The van der Waals surface area contributed by atoms with Gasteiger partial charge in [-0.05, 0) is 6.92 Å². The molecule has 0 aromatic carbocycles. The Kier molecular flexibility index (Phi) is 4.35. The summed E-state index contributed by atoms with van der Waals surface area (Å²) in [5, 5.41) is 4.24. The molecule has 2 bridgehead atoms. The topological polar surface area (TPSA) is 76.9 Å². The summed E-state index contributed by atoms with van der Waals surface area (Å²) in [6.45, 7) is 3.92. The van der Waals surface area contributed by atoms with E-state index in [2.05, 4.69) is 5.10 Å². The molecule has 2 saturated heterocycles. The van der Waals surface area contributed by atoms with E-state index in [1.807, 2.05) is 26.1 Å². The van der Waals surface area contributed by atoms with Gasteiger partial charge >= 0.3 is 0 Å². The molecule has 0 unspecified atom stereocenters. The van der Waals surface area contributed by atoms with Gasteiger partial charge in [0.15, 0.2) is 0 Å². The SMILES string of the molecule is COCCN1C[C@]23C=C[C@H](O2)[C@@H](C(=O)N(C)Cc2cnn(C)c2C)[C@@H]3C1=O. The summed E-state index contributed by atoms with van der Waals surface area (Å²) in [7, 11) is 5.27. The fraction of sp³-hybridized carbons (Fsp3) is 0.632. The first-order chi connectivity index (χ1) is 12.9. The van der Waals surface area contributed by atoms with E-state index in [9.17, 15) is 9.59 Å². The van der Waals surface area contributed by atoms with Crippen molar-refractivity contribution in [2.45, 2.75) is 25.2 Å². The molecule has 4 rings (SSSR count). The minimum Gasteiger partial charge on any atom is -0.383 e. The molecule has 1 spiro atoms. The van der Waals surface area contributed by atoms with Crippen LogP contribution < -0.4 is 0 Å². The van der Waals surface area contributed by atoms with Crippen molar-refractivity contribution >= 4 is 11.8 Å². The summed E-state index contributed by atoms with van der Waals surface area (Å²) in [6.07, 6.45) is 5.37. The number of carbonyl (C=O) groups is 2. The lowest BCUT2D eigenvalue weighted by Crippen LogP contribution is -2.44. The van der Waals surface area contributed by atoms with Gasteiger partial charge in [0.05, 0.1) is 37.3 Å². The van der Waals surface area contributed by atoms with Gasteiger partial charge in [-0.3, -0.25) is 14.3 Å². The molecule has 0 N–H and O–H groups in total. The predicted octanol–water partition coefficient (Wildman–Crippen LogP) is 0.115. The van der Waals surface area contributed by atoms with Crippen LogP contribution in [0.2, 0.25) is 0 Å². The number of rotatable bonds is 6. The average Bonchev–Trinajstić information content (AvgIpc) is 3.36. The van der Waals surface area contributed by atoms with Gasteiger partial charge in [-0.25, -0.2) is 0 Å². The van der Waals surface area contributed by atoms with Gasteiger partial charge in [-0.1, -0.05) is 12.2 Å². The molecule has 146 valence electrons. The third-order valence-corrected chi connectivity index (χ3v) is 6.15. The van der Waals surface area contributed by atoms with Gasteiger partial charge in [0.25, 0.3) is 0 Å². The van der Waals surface area contributed by atoms with Crippen LogP contribution >= 0.6 is 0 Å². The molecule has 27 heavy (non-hydrogen) atoms. The van der Waals surface area contributed by atoms with E-state index in [4.69, 9.17) is 9.47 Å². The first-order valence-corrected chi connectivity index (χ1v) is 9.25. The number of fused-ring (bicyclic) bond motifs is 1. The van der Waals surface area contributed by atoms with Crippen molar-refractivity contribution in [2.75, 3.05) is 33.9 Å². The van der Waals surface area contributed by atoms with Crippen LogP contribution in [0.3, 0.4) is 0 Å². The zero-order valence-electron chi connectivity index (χ0n) is 16.2. The number of carbonyl (C=O) groups excluding carboxylic acids is 2. The van der Waals surface area contributed by atoms with Crippen molar-refractivity contribution in [1.82, 2.24) is 19.6 Å². The third kappa shape index (κ3) is 2.70. The molecule has 0 saturated carbocycles. The Morgan fingerprint density at radius 1 is 1.52 bits per heavy atom. The van der Waals surface area contributed by atoms with E-state index < -0.39 is 17.4 Å². The smallest absolute Gasteiger partial charge is 0.230 e. The Balaban J connectivity index is 1.53. The number of ether oxygens (including phenoxy) is 2. The Morgan fingerprint density at radius 3 is 2.96 bits per heavy atom. The fourth-order valence-electron chi connectivity index (χ4n) is 4.54. The molecule has 2 amide bonds. The maximum Gasteiger partial charge on any atom is 0.230 e. The van der Waals surface area contributed by atoms with Gasteiger partial charge in [-0.15, -0.1) is 0 Å². The largest absolute Gasteiger partial charge is 0.383 e. The summed E-state index contributed by atoms with van der Waals surface area (Å²) in [5.74, 6) is -0.990. The second-order valence-corrected chi connectivity index (χ2v) is 7.73. The highest BCUT2D eigenvalue weighted by Gasteiger charge is 2.66. The standard InChI is InChI=1S/C19H26N4O4/c1-12-13(9-20-22(12)3)10-21(2)17(24)15-14-5-6-19(27-14)11-23(7-8-26-4)18(25)16(15)19/h5-6,9,14-16H,7-8,10-11H2,1-4H3/t14-,15+,16+,19-/m0/s1. The number of methoxy groups -OCH3 is 1. The van der Waals surface area contributed by atoms with E-state index >= 15 is 0 Å². The van der Waals surface area contributed by atoms with E-state index in [1.165, 1.54) is 0 Å². The summed E-state index contributed by atoms with van der Waals surface area (Å²) in [5.41, 5.74) is 1.36. The molecule has 1 aromatic heterocycles. The van der Waals surface area contributed by atoms with Crippen molar-refractivity contribution in [3.8, 4) is 0 Å². The Hall–Kier alpha value is -2.19. The molecule has 8 heteroatoms. The highest BCUT2D eigenvalue weighted by atomic mass is 16.5. The quantitative estimate of drug-likeness (QED) is 0.661. The second kappa shape index (κ2) is 6.45. The van der Waals surface area contributed by atoms with Gasteiger partial charge in [0, 0.05) is 45.6 Å². The first-order valence-electron chi connectivity index (χ1n) is 9.25. The minimum atomic E-state index is -0.666. The van der Waals surface area contributed by atoms with Gasteiger partial charge < -0.3 is 19.3 Å². The van der Waals surface area contributed by atoms with Crippen LogP contribution in [0.25, 0.3) is 0 Å². The Bertz CT molecular complexity index is 804. The third-order valence-electron chi connectivity index (χ3n) is 6.15. The van der Waals surface area contributed by atoms with Crippen molar-refractivity contribution in [2.24, 2.45) is 18.9 Å². The molecule has 0 radical (unpaired) electrons. The molecular formula is C19H26N4O4. The van der Waals surface area contributed by atoms with Crippen LogP contribution in [0.5, 0.6) is 0 Å². The lowest BCUT2D eigenvalue weighted by atomic mass is 9.76. The van der Waals surface area contributed by atoms with Crippen molar-refractivity contribution in [3.05, 3.63) is 29.6 Å². The number of amides is 2. The number of hydrogen-bond acceptors (Lipinski definition) is 5. The molecule has 4 heterocycles. The van der Waals surface area contributed by atoms with E-state index in [0.29, 0.717) is 26.2 Å². The lowest BCUT2D eigenvalue weighted by molar-refractivity contribution is -0.142. The Morgan fingerprint density at radius 2 is 2.30 bits per heavy atom. The molecule has 4 atom stereocenters. The molecule has 3 aliphatic rings. The normalized spacial score (nSPS) is 31.0. The Labute approximate surface area is 158 Å². The van der Waals surface area contributed by atoms with E-state index in [1.54, 1.807) is 34.8 Å². The summed E-state index contributed by atoms with van der Waals surface area (Å²) in [6, 6.07) is 0. The number of likely N-dealkylation sites (tertiary alicyclic amines) is 1. The maximum absolute atomic E-state index is 13.3. The first kappa shape index (κ1) is 18.2. The van der Waals surface area contributed by atoms with Crippen LogP contribution in [0.1, 0.15) is 11.3 Å². The number of aryl methyl sites for hydroxylation is 1. The molecule has 1 aromatic rings. The van der Waals surface area contributed by atoms with Crippen LogP contribution in [0.4, 0.5) is 0 Å². The van der Waals surface area contributed by atoms with Crippen molar-refractivity contribution in [1.29, 1.82) is 0 Å². The summed E-state index contributed by atoms with van der Waals surface area (Å²) in [4.78, 5) is 29.7. The highest BCUT2D eigenvalue weighted by Crippen LogP contribution is 2.52. The fourth-order valence-corrected chi connectivity index (χ4v) is 4.54.